The largest absolute Gasteiger partial charge is 0.490 e. The number of hydrogen-bond donors (Lipinski definition) is 6. The molecule has 5 atom stereocenters. The van der Waals surface area contributed by atoms with Crippen LogP contribution in [0, 0.1) is 0 Å². The molecule has 0 saturated carbocycles. The van der Waals surface area contributed by atoms with Gasteiger partial charge in [0, 0.05) is 56.9 Å². The van der Waals surface area contributed by atoms with Crippen molar-refractivity contribution in [2.24, 2.45) is 0 Å². The number of aliphatic hydroxyl groups excluding tert-OH is 2. The van der Waals surface area contributed by atoms with Crippen molar-refractivity contribution in [2.75, 3.05) is 54.4 Å². The number of ether oxygens (including phenoxy) is 2. The first kappa shape index (κ1) is 43.1. The van der Waals surface area contributed by atoms with E-state index in [2.05, 4.69) is 30.7 Å². The van der Waals surface area contributed by atoms with Crippen LogP contribution in [0.25, 0.3) is 11.2 Å². The van der Waals surface area contributed by atoms with Crippen LogP contribution in [0.15, 0.2) is 85.3 Å². The smallest absolute Gasteiger partial charge is 0.478 e. The molecule has 18 nitrogen and oxygen atoms in total. The average Bonchev–Trinajstić information content (AvgIpc) is 4.00. The van der Waals surface area contributed by atoms with Crippen molar-refractivity contribution in [1.82, 2.24) is 35.1 Å². The third kappa shape index (κ3) is 9.74. The first-order valence-electron chi connectivity index (χ1n) is 20.4. The molecule has 6 N–H and O–H groups in total. The number of hydrogen-bond acceptors (Lipinski definition) is 14. The molecule has 0 bridgehead atoms. The van der Waals surface area contributed by atoms with Gasteiger partial charge in [0.05, 0.1) is 11.9 Å². The number of aliphatic hydroxyl groups is 2. The number of aromatic nitrogens is 5. The van der Waals surface area contributed by atoms with Gasteiger partial charge in [0.25, 0.3) is 0 Å². The number of carboxylic acids is 1. The van der Waals surface area contributed by atoms with E-state index in [1.165, 1.54) is 23.2 Å². The van der Waals surface area contributed by atoms with Gasteiger partial charge in [-0.1, -0.05) is 60.7 Å². The second-order valence-corrected chi connectivity index (χ2v) is 15.6. The Kier molecular flexibility index (Phi) is 12.6. The minimum atomic E-state index is -5.26. The number of rotatable bonds is 13. The Morgan fingerprint density at radius 3 is 2.13 bits per heavy atom. The number of amides is 2. The Morgan fingerprint density at radius 2 is 1.49 bits per heavy atom. The van der Waals surface area contributed by atoms with Gasteiger partial charge in [0.2, 0.25) is 5.95 Å². The van der Waals surface area contributed by atoms with E-state index >= 15 is 0 Å². The van der Waals surface area contributed by atoms with Gasteiger partial charge in [0.1, 0.15) is 30.7 Å². The van der Waals surface area contributed by atoms with Gasteiger partial charge in [0.15, 0.2) is 23.2 Å². The number of urea groups is 1. The Hall–Kier alpha value is -6.58. The predicted molar refractivity (Wildman–Crippen MR) is 220 cm³/mol. The predicted octanol–water partition coefficient (Wildman–Crippen LogP) is 3.44. The molecule has 2 aromatic carbocycles. The van der Waals surface area contributed by atoms with Gasteiger partial charge < -0.3 is 50.5 Å². The van der Waals surface area contributed by atoms with E-state index in [0.717, 1.165) is 11.1 Å². The second-order valence-electron chi connectivity index (χ2n) is 15.6. The number of fused-ring (bicyclic) bond motifs is 1. The van der Waals surface area contributed by atoms with E-state index in [9.17, 15) is 37.8 Å². The fraction of sp³-hybridized carbons (Fsp3) is 0.405. The molecule has 3 aliphatic rings. The molecule has 3 aliphatic heterocycles. The number of carbonyl (C=O) groups is 3. The van der Waals surface area contributed by atoms with Gasteiger partial charge >= 0.3 is 24.1 Å². The molecule has 8 rings (SSSR count). The maximum atomic E-state index is 13.2. The number of nitrogens with one attached hydrogen (secondary N) is 3. The summed E-state index contributed by atoms with van der Waals surface area (Å²) in [7, 11) is 0. The molecule has 0 unspecified atom stereocenters. The fourth-order valence-corrected chi connectivity index (χ4v) is 8.11. The molecule has 0 radical (unpaired) electrons. The van der Waals surface area contributed by atoms with Crippen molar-refractivity contribution in [1.29, 1.82) is 0 Å². The van der Waals surface area contributed by atoms with Crippen molar-refractivity contribution >= 4 is 46.7 Å². The van der Waals surface area contributed by atoms with Gasteiger partial charge in [-0.2, -0.15) is 23.1 Å². The minimum absolute atomic E-state index is 0.0877. The molecular weight excluding hydrogens is 830 g/mol. The van der Waals surface area contributed by atoms with Crippen molar-refractivity contribution in [3.05, 3.63) is 102 Å². The lowest BCUT2D eigenvalue weighted by Gasteiger charge is -2.33. The van der Waals surface area contributed by atoms with Crippen molar-refractivity contribution in [2.45, 2.75) is 68.0 Å². The number of piperidine rings is 1. The summed E-state index contributed by atoms with van der Waals surface area (Å²) in [5.41, 5.74) is 2.65. The average molecular weight is 875 g/mol. The molecule has 6 heterocycles. The Balaban J connectivity index is 0.985. The Bertz CT molecular complexity index is 2350. The Morgan fingerprint density at radius 1 is 0.841 bits per heavy atom. The second kappa shape index (κ2) is 18.4. The molecule has 21 heteroatoms. The molecule has 63 heavy (non-hydrogen) atoms. The summed E-state index contributed by atoms with van der Waals surface area (Å²) >= 11 is 0. The molecule has 0 spiro atoms. The number of benzene rings is 2. The summed E-state index contributed by atoms with van der Waals surface area (Å²) in [5.74, 6) is -2.36. The SMILES string of the molecule is O=C(NC1CCN(c2ccc(C(=O)O)cn2)CC1)N[C@@H]1CCN(c2nc(NCC(c3ccccc3)c3ccccc3)c3ncn([C@@H]4O[C@H](COC(=O)C(F)(F)F)[C@@H](O)[C@H]4O)c3n2)C1. The first-order valence-corrected chi connectivity index (χ1v) is 20.4. The number of carboxylic acid groups (broad SMARTS) is 1. The molecule has 5 aromatic rings. The number of nitrogens with zero attached hydrogens (tertiary/aromatic N) is 7. The van der Waals surface area contributed by atoms with Gasteiger partial charge in [-0.05, 0) is 42.5 Å². The van der Waals surface area contributed by atoms with Crippen molar-refractivity contribution < 1.29 is 52.3 Å². The first-order chi connectivity index (χ1) is 30.3. The summed E-state index contributed by atoms with van der Waals surface area (Å²) in [6, 6.07) is 22.3. The standard InChI is InChI=1S/C42H45F3N10O8/c43-42(44,45)39(60)62-22-30-33(56)34(57)37(63-30)55-23-48-32-35(47-20-29(24-7-3-1-4-8-24)25-9-5-2-6-10-25)51-40(52-36(32)55)54-18-15-28(21-54)50-41(61)49-27-13-16-53(17-14-27)31-12-11-26(19-46-31)38(58)59/h1-12,19,23,27-30,33-34,37,56-57H,13-18,20-22H2,(H,58,59)(H,47,51,52)(H2,49,50,61)/t28-,30-,33-,34-,37-/m1/s1. The van der Waals surface area contributed by atoms with Gasteiger partial charge in [-0.3, -0.25) is 4.57 Å². The highest BCUT2D eigenvalue weighted by molar-refractivity contribution is 5.87. The third-order valence-corrected chi connectivity index (χ3v) is 11.5. The lowest BCUT2D eigenvalue weighted by molar-refractivity contribution is -0.203. The molecule has 332 valence electrons. The monoisotopic (exact) mass is 874 g/mol. The van der Waals surface area contributed by atoms with E-state index in [1.807, 2.05) is 70.5 Å². The molecule has 3 saturated heterocycles. The summed E-state index contributed by atoms with van der Waals surface area (Å²) in [4.78, 5) is 58.3. The number of alkyl halides is 3. The topological polar surface area (TPSA) is 229 Å². The summed E-state index contributed by atoms with van der Waals surface area (Å²) in [5, 5.41) is 40.6. The lowest BCUT2D eigenvalue weighted by Crippen LogP contribution is -2.50. The number of halogens is 3. The van der Waals surface area contributed by atoms with Crippen LogP contribution in [0.2, 0.25) is 0 Å². The third-order valence-electron chi connectivity index (χ3n) is 11.5. The maximum absolute atomic E-state index is 13.2. The number of pyridine rings is 1. The fourth-order valence-electron chi connectivity index (χ4n) is 8.11. The highest BCUT2D eigenvalue weighted by Gasteiger charge is 2.47. The van der Waals surface area contributed by atoms with Crippen molar-refractivity contribution in [3.63, 3.8) is 0 Å². The van der Waals surface area contributed by atoms with E-state index in [-0.39, 0.29) is 46.7 Å². The van der Waals surface area contributed by atoms with Gasteiger partial charge in [-0.25, -0.2) is 24.4 Å². The Labute approximate surface area is 358 Å². The highest BCUT2D eigenvalue weighted by Crippen LogP contribution is 2.35. The van der Waals surface area contributed by atoms with Crippen LogP contribution in [0.5, 0.6) is 0 Å². The van der Waals surface area contributed by atoms with Crippen LogP contribution >= 0.6 is 0 Å². The van der Waals surface area contributed by atoms with Crippen LogP contribution in [0.1, 0.15) is 52.9 Å². The van der Waals surface area contributed by atoms with E-state index < -0.39 is 49.3 Å². The molecule has 0 aliphatic carbocycles. The zero-order valence-electron chi connectivity index (χ0n) is 33.6. The zero-order valence-corrected chi connectivity index (χ0v) is 33.6. The maximum Gasteiger partial charge on any atom is 0.490 e. The number of aromatic carboxylic acids is 1. The molecule has 3 fully saturated rings. The normalized spacial score (nSPS) is 21.8. The quantitative estimate of drug-likeness (QED) is 0.0932. The summed E-state index contributed by atoms with van der Waals surface area (Å²) < 4.78 is 50.0. The molecular formula is C42H45F3N10O8. The summed E-state index contributed by atoms with van der Waals surface area (Å²) in [6.07, 6.45) is -6.99. The van der Waals surface area contributed by atoms with Crippen LogP contribution in [0.3, 0.4) is 0 Å². The van der Waals surface area contributed by atoms with Crippen LogP contribution in [0.4, 0.5) is 35.5 Å². The molecule has 3 aromatic heterocycles. The van der Waals surface area contributed by atoms with Crippen LogP contribution < -0.4 is 25.8 Å². The number of imidazole rings is 1. The van der Waals surface area contributed by atoms with Gasteiger partial charge in [-0.15, -0.1) is 0 Å². The molecule has 2 amide bonds. The van der Waals surface area contributed by atoms with E-state index in [0.29, 0.717) is 63.6 Å². The van der Waals surface area contributed by atoms with Crippen molar-refractivity contribution in [3.8, 4) is 0 Å². The van der Waals surface area contributed by atoms with Crippen LogP contribution in [-0.2, 0) is 14.3 Å². The number of carbonyl (C=O) groups excluding carboxylic acids is 2. The van der Waals surface area contributed by atoms with E-state index in [4.69, 9.17) is 19.8 Å². The number of anilines is 3. The lowest BCUT2D eigenvalue weighted by atomic mass is 9.91. The van der Waals surface area contributed by atoms with E-state index in [1.54, 1.807) is 6.07 Å². The number of esters is 1. The summed E-state index contributed by atoms with van der Waals surface area (Å²) in [6.45, 7) is 1.45. The van der Waals surface area contributed by atoms with Crippen LogP contribution in [-0.4, -0.2) is 134 Å². The zero-order chi connectivity index (χ0) is 44.3. The highest BCUT2D eigenvalue weighted by atomic mass is 19.4. The minimum Gasteiger partial charge on any atom is -0.478 e.